The third-order valence-electron chi connectivity index (χ3n) is 4.86. The maximum absolute atomic E-state index is 12.5. The van der Waals surface area contributed by atoms with Crippen LogP contribution in [0.15, 0.2) is 53.7 Å². The number of hydrogen-bond acceptors (Lipinski definition) is 5. The molecule has 1 aliphatic rings. The summed E-state index contributed by atoms with van der Waals surface area (Å²) < 4.78 is 7.31. The molecule has 0 fully saturated rings. The lowest BCUT2D eigenvalue weighted by molar-refractivity contribution is 0.102. The third-order valence-corrected chi connectivity index (χ3v) is 5.79. The van der Waals surface area contributed by atoms with E-state index in [0.717, 1.165) is 28.7 Å². The van der Waals surface area contributed by atoms with Crippen LogP contribution in [0.1, 0.15) is 29.8 Å². The molecule has 3 aromatic rings. The first kappa shape index (κ1) is 17.8. The molecular weight excluding hydrogens is 358 g/mol. The number of ether oxygens (including phenoxy) is 1. The molecule has 27 heavy (non-hydrogen) atoms. The zero-order valence-electron chi connectivity index (χ0n) is 15.6. The number of thioether (sulfide) groups is 1. The fourth-order valence-corrected chi connectivity index (χ4v) is 4.50. The van der Waals surface area contributed by atoms with Crippen molar-refractivity contribution in [3.63, 3.8) is 0 Å². The van der Waals surface area contributed by atoms with Gasteiger partial charge in [0.05, 0.1) is 12.9 Å². The summed E-state index contributed by atoms with van der Waals surface area (Å²) in [7, 11) is 1.61. The summed E-state index contributed by atoms with van der Waals surface area (Å²) in [5.74, 6) is 2.00. The Bertz CT molecular complexity index is 993. The van der Waals surface area contributed by atoms with Gasteiger partial charge >= 0.3 is 0 Å². The molecule has 1 aliphatic heterocycles. The molecule has 5 nitrogen and oxygen atoms in total. The average molecular weight is 379 g/mol. The number of methoxy groups -OCH3 is 1. The van der Waals surface area contributed by atoms with Gasteiger partial charge in [0.1, 0.15) is 5.75 Å². The number of fused-ring (bicyclic) bond motifs is 3. The zero-order valence-corrected chi connectivity index (χ0v) is 16.4. The number of rotatable bonds is 5. The Morgan fingerprint density at radius 2 is 1.89 bits per heavy atom. The quantitative estimate of drug-likeness (QED) is 0.491. The number of nitrogens with zero attached hydrogens (tertiary/aromatic N) is 3. The minimum absolute atomic E-state index is 0.0639. The molecule has 138 valence electrons. The van der Waals surface area contributed by atoms with E-state index in [-0.39, 0.29) is 11.3 Å². The van der Waals surface area contributed by atoms with E-state index in [1.807, 2.05) is 6.07 Å². The molecule has 0 amide bonds. The van der Waals surface area contributed by atoms with Gasteiger partial charge in [0.15, 0.2) is 16.8 Å². The molecule has 4 rings (SSSR count). The van der Waals surface area contributed by atoms with Crippen LogP contribution in [0.3, 0.4) is 0 Å². The smallest absolute Gasteiger partial charge is 0.192 e. The molecule has 0 atom stereocenters. The summed E-state index contributed by atoms with van der Waals surface area (Å²) in [6.45, 7) is 4.37. The van der Waals surface area contributed by atoms with Gasteiger partial charge in [0.25, 0.3) is 0 Å². The van der Waals surface area contributed by atoms with Gasteiger partial charge < -0.3 is 4.74 Å². The molecule has 0 spiro atoms. The van der Waals surface area contributed by atoms with Crippen molar-refractivity contribution in [3.05, 3.63) is 59.7 Å². The van der Waals surface area contributed by atoms with Gasteiger partial charge in [-0.15, -0.1) is 10.2 Å². The molecular formula is C21H21N3O2S. The van der Waals surface area contributed by atoms with Gasteiger partial charge in [-0.05, 0) is 50.1 Å². The van der Waals surface area contributed by atoms with Crippen LogP contribution in [-0.4, -0.2) is 33.4 Å². The summed E-state index contributed by atoms with van der Waals surface area (Å²) in [4.78, 5) is 12.5. The first-order valence-electron chi connectivity index (χ1n) is 8.84. The molecule has 0 bridgehead atoms. The van der Waals surface area contributed by atoms with Crippen LogP contribution in [0.25, 0.3) is 11.4 Å². The molecule has 2 heterocycles. The summed E-state index contributed by atoms with van der Waals surface area (Å²) in [6.07, 6.45) is 0.911. The first-order valence-corrected chi connectivity index (χ1v) is 9.82. The van der Waals surface area contributed by atoms with Crippen LogP contribution < -0.4 is 4.74 Å². The summed E-state index contributed by atoms with van der Waals surface area (Å²) in [6, 6.07) is 15.5. The van der Waals surface area contributed by atoms with Crippen LogP contribution in [0.2, 0.25) is 0 Å². The van der Waals surface area contributed by atoms with Crippen molar-refractivity contribution in [2.45, 2.75) is 31.0 Å². The SMILES string of the molecule is COc1ccc(C(=O)CSc2nnc3n2C(C)(C)Cc2ccccc2-3)cc1. The van der Waals surface area contributed by atoms with Gasteiger partial charge in [-0.2, -0.15) is 0 Å². The van der Waals surface area contributed by atoms with Gasteiger partial charge in [0, 0.05) is 16.7 Å². The van der Waals surface area contributed by atoms with Crippen molar-refractivity contribution in [1.82, 2.24) is 14.8 Å². The summed E-state index contributed by atoms with van der Waals surface area (Å²) in [5, 5.41) is 9.60. The molecule has 0 saturated heterocycles. The van der Waals surface area contributed by atoms with Crippen LogP contribution in [0.5, 0.6) is 5.75 Å². The molecule has 0 aliphatic carbocycles. The van der Waals surface area contributed by atoms with Crippen molar-refractivity contribution in [1.29, 1.82) is 0 Å². The number of Topliss-reactive ketones (excluding diaryl/α,β-unsaturated/α-hetero) is 1. The number of hydrogen-bond donors (Lipinski definition) is 0. The highest BCUT2D eigenvalue weighted by atomic mass is 32.2. The Kier molecular flexibility index (Phi) is 4.52. The Morgan fingerprint density at radius 3 is 2.63 bits per heavy atom. The monoisotopic (exact) mass is 379 g/mol. The van der Waals surface area contributed by atoms with E-state index in [2.05, 4.69) is 46.8 Å². The highest BCUT2D eigenvalue weighted by Gasteiger charge is 2.34. The second-order valence-corrected chi connectivity index (χ2v) is 8.17. The number of carbonyl (C=O) groups is 1. The lowest BCUT2D eigenvalue weighted by atomic mass is 9.87. The second kappa shape index (κ2) is 6.85. The van der Waals surface area contributed by atoms with Crippen LogP contribution in [-0.2, 0) is 12.0 Å². The van der Waals surface area contributed by atoms with Crippen molar-refractivity contribution in [2.24, 2.45) is 0 Å². The number of ketones is 1. The molecule has 0 unspecified atom stereocenters. The first-order chi connectivity index (χ1) is 13.0. The maximum Gasteiger partial charge on any atom is 0.192 e. The van der Waals surface area contributed by atoms with Gasteiger partial charge in [-0.25, -0.2) is 0 Å². The van der Waals surface area contributed by atoms with Crippen molar-refractivity contribution in [3.8, 4) is 17.1 Å². The van der Waals surface area contributed by atoms with Crippen molar-refractivity contribution < 1.29 is 9.53 Å². The maximum atomic E-state index is 12.5. The fourth-order valence-electron chi connectivity index (χ4n) is 3.51. The zero-order chi connectivity index (χ0) is 19.0. The van der Waals surface area contributed by atoms with Gasteiger partial charge in [0.2, 0.25) is 0 Å². The van der Waals surface area contributed by atoms with Gasteiger partial charge in [-0.1, -0.05) is 36.0 Å². The predicted molar refractivity (Wildman–Crippen MR) is 107 cm³/mol. The fraction of sp³-hybridized carbons (Fsp3) is 0.286. The molecule has 1 aromatic heterocycles. The van der Waals surface area contributed by atoms with Crippen molar-refractivity contribution in [2.75, 3.05) is 12.9 Å². The highest BCUT2D eigenvalue weighted by molar-refractivity contribution is 7.99. The number of aromatic nitrogens is 3. The van der Waals surface area contributed by atoms with Crippen LogP contribution in [0, 0.1) is 0 Å². The van der Waals surface area contributed by atoms with Crippen LogP contribution >= 0.6 is 11.8 Å². The van der Waals surface area contributed by atoms with E-state index in [0.29, 0.717) is 11.3 Å². The molecule has 2 aromatic carbocycles. The number of benzene rings is 2. The second-order valence-electron chi connectivity index (χ2n) is 7.23. The summed E-state index contributed by atoms with van der Waals surface area (Å²) in [5.41, 5.74) is 2.94. The largest absolute Gasteiger partial charge is 0.497 e. The highest BCUT2D eigenvalue weighted by Crippen LogP contribution is 2.39. The Labute approximate surface area is 162 Å². The van der Waals surface area contributed by atoms with Crippen molar-refractivity contribution >= 4 is 17.5 Å². The van der Waals surface area contributed by atoms with E-state index in [1.165, 1.54) is 17.3 Å². The lowest BCUT2D eigenvalue weighted by Crippen LogP contribution is -2.33. The summed E-state index contributed by atoms with van der Waals surface area (Å²) >= 11 is 1.44. The average Bonchev–Trinajstić information content (AvgIpc) is 3.11. The predicted octanol–water partition coefficient (Wildman–Crippen LogP) is 4.22. The minimum atomic E-state index is -0.140. The third kappa shape index (κ3) is 3.25. The standard InChI is InChI=1S/C21H21N3O2S/c1-21(2)12-15-6-4-5-7-17(15)19-22-23-20(24(19)21)27-13-18(25)14-8-10-16(26-3)11-9-14/h4-11H,12-13H2,1-3H3. The molecule has 0 N–H and O–H groups in total. The normalized spacial score (nSPS) is 14.3. The lowest BCUT2D eigenvalue weighted by Gasteiger charge is -2.34. The van der Waals surface area contributed by atoms with E-state index < -0.39 is 0 Å². The van der Waals surface area contributed by atoms with Gasteiger partial charge in [-0.3, -0.25) is 9.36 Å². The minimum Gasteiger partial charge on any atom is -0.497 e. The van der Waals surface area contributed by atoms with E-state index in [1.54, 1.807) is 31.4 Å². The van der Waals surface area contributed by atoms with E-state index in [4.69, 9.17) is 4.74 Å². The number of carbonyl (C=O) groups excluding carboxylic acids is 1. The van der Waals surface area contributed by atoms with E-state index >= 15 is 0 Å². The Balaban J connectivity index is 1.58. The molecule has 0 saturated carbocycles. The molecule has 6 heteroatoms. The molecule has 0 radical (unpaired) electrons. The topological polar surface area (TPSA) is 57.0 Å². The van der Waals surface area contributed by atoms with Crippen LogP contribution in [0.4, 0.5) is 0 Å². The Morgan fingerprint density at radius 1 is 1.15 bits per heavy atom. The Hall–Kier alpha value is -2.60. The van der Waals surface area contributed by atoms with E-state index in [9.17, 15) is 4.79 Å².